The summed E-state index contributed by atoms with van der Waals surface area (Å²) in [7, 11) is 2.78. The van der Waals surface area contributed by atoms with E-state index in [0.717, 1.165) is 58.3 Å². The highest BCUT2D eigenvalue weighted by Crippen LogP contribution is 2.29. The molecule has 2 aliphatic rings. The van der Waals surface area contributed by atoms with Crippen molar-refractivity contribution in [2.24, 2.45) is 14.1 Å². The van der Waals surface area contributed by atoms with E-state index in [9.17, 15) is 34.2 Å². The van der Waals surface area contributed by atoms with E-state index in [-0.39, 0.29) is 35.0 Å². The first-order valence-corrected chi connectivity index (χ1v) is 14.2. The van der Waals surface area contributed by atoms with Crippen LogP contribution in [0, 0.1) is 26.0 Å². The molecule has 47 heavy (non-hydrogen) atoms. The molecule has 0 atom stereocenters. The molecule has 20 nitrogen and oxygen atoms in total. The molecule has 0 spiro atoms. The number of nitro benzene ring substituents is 2. The SMILES string of the molecule is Cn1nnn(-c2cc([N+](=O)[O-])ccc2F)c1=O.Cn1nnn(-c2cc([N+](=O)[O-])ccc2OC2CCOCC2)c1=O.OC1CCOCC1. The Balaban J connectivity index is 0.000000182. The molecule has 0 aliphatic carbocycles. The molecule has 252 valence electrons. The van der Waals surface area contributed by atoms with Crippen LogP contribution in [-0.2, 0) is 23.6 Å². The second-order valence-electron chi connectivity index (χ2n) is 10.2. The maximum Gasteiger partial charge on any atom is 0.368 e. The van der Waals surface area contributed by atoms with Gasteiger partial charge in [-0.3, -0.25) is 20.2 Å². The minimum absolute atomic E-state index is 0.0728. The van der Waals surface area contributed by atoms with Crippen molar-refractivity contribution in [1.29, 1.82) is 0 Å². The molecule has 21 heteroatoms. The first-order valence-electron chi connectivity index (χ1n) is 14.2. The van der Waals surface area contributed by atoms with Gasteiger partial charge in [0.2, 0.25) is 0 Å². The van der Waals surface area contributed by atoms with Crippen LogP contribution >= 0.6 is 0 Å². The van der Waals surface area contributed by atoms with Gasteiger partial charge < -0.3 is 19.3 Å². The fourth-order valence-corrected chi connectivity index (χ4v) is 4.25. The molecule has 2 aromatic heterocycles. The summed E-state index contributed by atoms with van der Waals surface area (Å²) in [6, 6.07) is 6.88. The maximum absolute atomic E-state index is 13.4. The van der Waals surface area contributed by atoms with Crippen molar-refractivity contribution < 1.29 is 33.6 Å². The average molecular weight is 663 g/mol. The number of hydrogen-bond acceptors (Lipinski definition) is 14. The van der Waals surface area contributed by atoms with Gasteiger partial charge in [0.25, 0.3) is 11.4 Å². The van der Waals surface area contributed by atoms with Crippen LogP contribution < -0.4 is 16.1 Å². The second-order valence-corrected chi connectivity index (χ2v) is 10.2. The largest absolute Gasteiger partial charge is 0.488 e. The smallest absolute Gasteiger partial charge is 0.368 e. The Hall–Kier alpha value is -5.41. The molecule has 4 heterocycles. The Labute approximate surface area is 263 Å². The van der Waals surface area contributed by atoms with Crippen molar-refractivity contribution >= 4 is 11.4 Å². The lowest BCUT2D eigenvalue weighted by atomic mass is 10.1. The van der Waals surface area contributed by atoms with Gasteiger partial charge in [0.1, 0.15) is 29.0 Å². The summed E-state index contributed by atoms with van der Waals surface area (Å²) in [5, 5.41) is 44.5. The van der Waals surface area contributed by atoms with Gasteiger partial charge in [-0.2, -0.15) is 18.7 Å². The van der Waals surface area contributed by atoms with Crippen molar-refractivity contribution in [2.45, 2.75) is 37.9 Å². The number of aliphatic hydroxyl groups is 1. The van der Waals surface area contributed by atoms with E-state index in [0.29, 0.717) is 36.5 Å². The number of ether oxygens (including phenoxy) is 3. The molecule has 0 amide bonds. The molecule has 2 aromatic carbocycles. The van der Waals surface area contributed by atoms with Crippen LogP contribution in [0.5, 0.6) is 5.75 Å². The van der Waals surface area contributed by atoms with E-state index in [1.165, 1.54) is 32.3 Å². The van der Waals surface area contributed by atoms with E-state index in [1.54, 1.807) is 0 Å². The number of non-ortho nitro benzene ring substituents is 2. The zero-order valence-corrected chi connectivity index (χ0v) is 25.2. The minimum atomic E-state index is -0.793. The highest BCUT2D eigenvalue weighted by Gasteiger charge is 2.22. The van der Waals surface area contributed by atoms with Gasteiger partial charge in [-0.15, -0.1) is 0 Å². The number of aryl methyl sites for hydroxylation is 2. The number of tetrazole rings is 2. The summed E-state index contributed by atoms with van der Waals surface area (Å²) < 4.78 is 33.2. The Morgan fingerprint density at radius 1 is 0.787 bits per heavy atom. The first-order chi connectivity index (χ1) is 22.5. The molecule has 0 bridgehead atoms. The molecule has 0 radical (unpaired) electrons. The van der Waals surface area contributed by atoms with Gasteiger partial charge >= 0.3 is 11.4 Å². The van der Waals surface area contributed by atoms with Crippen molar-refractivity contribution in [3.63, 3.8) is 0 Å². The summed E-state index contributed by atoms with van der Waals surface area (Å²) >= 11 is 0. The number of aromatic nitrogens is 8. The number of benzene rings is 2. The summed E-state index contributed by atoms with van der Waals surface area (Å²) in [4.78, 5) is 43.8. The van der Waals surface area contributed by atoms with E-state index in [2.05, 4.69) is 20.9 Å². The molecular weight excluding hydrogens is 631 g/mol. The summed E-state index contributed by atoms with van der Waals surface area (Å²) in [6.45, 7) is 2.67. The van der Waals surface area contributed by atoms with Crippen molar-refractivity contribution in [3.8, 4) is 17.1 Å². The Morgan fingerprint density at radius 3 is 1.70 bits per heavy atom. The maximum atomic E-state index is 13.4. The number of aliphatic hydroxyl groups excluding tert-OH is 1. The van der Waals surface area contributed by atoms with E-state index < -0.39 is 27.0 Å². The normalized spacial score (nSPS) is 15.1. The molecule has 2 saturated heterocycles. The zero-order chi connectivity index (χ0) is 34.1. The third-order valence-corrected chi connectivity index (χ3v) is 6.85. The quantitative estimate of drug-likeness (QED) is 0.220. The lowest BCUT2D eigenvalue weighted by molar-refractivity contribution is -0.385. The summed E-state index contributed by atoms with van der Waals surface area (Å²) in [6.07, 6.45) is 2.91. The third-order valence-electron chi connectivity index (χ3n) is 6.85. The van der Waals surface area contributed by atoms with Crippen LogP contribution in [0.4, 0.5) is 15.8 Å². The van der Waals surface area contributed by atoms with Gasteiger partial charge in [-0.1, -0.05) is 0 Å². The number of hydrogen-bond donors (Lipinski definition) is 1. The van der Waals surface area contributed by atoms with Crippen LogP contribution in [0.3, 0.4) is 0 Å². The van der Waals surface area contributed by atoms with Gasteiger partial charge in [0.05, 0.1) is 29.2 Å². The number of halogens is 1. The molecule has 6 rings (SSSR count). The topological polar surface area (TPSA) is 240 Å². The molecule has 4 aromatic rings. The van der Waals surface area contributed by atoms with Crippen LogP contribution in [0.15, 0.2) is 46.0 Å². The molecule has 2 fully saturated rings. The molecular formula is C26H31FN10O10. The lowest BCUT2D eigenvalue weighted by Gasteiger charge is -2.24. The standard InChI is InChI=1S/C13H15N5O5.C8H6FN5O3.C5H10O2/c1-16-13(19)17(15-14-16)11-8-9(18(20)21)2-3-12(11)23-10-4-6-22-7-5-10;1-12-8(15)13(11-10-12)7-4-5(14(16)17)2-3-6(7)9;6-5-1-3-7-4-2-5/h2-3,8,10H,4-7H2,1H3;2-4H,1H3;5-6H,1-4H2. The first kappa shape index (κ1) is 34.5. The highest BCUT2D eigenvalue weighted by atomic mass is 19.1. The number of nitrogens with zero attached hydrogens (tertiary/aromatic N) is 10. The molecule has 0 unspecified atom stereocenters. The fraction of sp³-hybridized carbons (Fsp3) is 0.462. The van der Waals surface area contributed by atoms with Crippen LogP contribution in [0.2, 0.25) is 0 Å². The van der Waals surface area contributed by atoms with Crippen molar-refractivity contribution in [1.82, 2.24) is 39.6 Å². The monoisotopic (exact) mass is 662 g/mol. The van der Waals surface area contributed by atoms with E-state index in [1.807, 2.05) is 0 Å². The summed E-state index contributed by atoms with van der Waals surface area (Å²) in [5.74, 6) is -0.441. The van der Waals surface area contributed by atoms with Gasteiger partial charge in [0, 0.05) is 64.4 Å². The number of rotatable bonds is 6. The molecule has 2 aliphatic heterocycles. The Kier molecular flexibility index (Phi) is 11.5. The van der Waals surface area contributed by atoms with E-state index in [4.69, 9.17) is 19.3 Å². The molecule has 1 N–H and O–H groups in total. The molecule has 0 saturated carbocycles. The predicted octanol–water partition coefficient (Wildman–Crippen LogP) is 0.603. The average Bonchev–Trinajstić information content (AvgIpc) is 3.57. The van der Waals surface area contributed by atoms with Gasteiger partial charge in [-0.25, -0.2) is 14.0 Å². The minimum Gasteiger partial charge on any atom is -0.488 e. The van der Waals surface area contributed by atoms with Gasteiger partial charge in [0.15, 0.2) is 0 Å². The predicted molar refractivity (Wildman–Crippen MR) is 157 cm³/mol. The number of nitro groups is 2. The van der Waals surface area contributed by atoms with Crippen LogP contribution in [-0.4, -0.2) is 93.2 Å². The Morgan fingerprint density at radius 2 is 1.26 bits per heavy atom. The summed E-state index contributed by atoms with van der Waals surface area (Å²) in [5.41, 5.74) is -1.80. The van der Waals surface area contributed by atoms with Crippen LogP contribution in [0.25, 0.3) is 11.4 Å². The van der Waals surface area contributed by atoms with Crippen LogP contribution in [0.1, 0.15) is 25.7 Å². The lowest BCUT2D eigenvalue weighted by Crippen LogP contribution is -2.27. The van der Waals surface area contributed by atoms with Crippen molar-refractivity contribution in [2.75, 3.05) is 26.4 Å². The fourth-order valence-electron chi connectivity index (χ4n) is 4.25. The second kappa shape index (κ2) is 15.7. The van der Waals surface area contributed by atoms with Gasteiger partial charge in [-0.05, 0) is 45.8 Å². The van der Waals surface area contributed by atoms with Crippen molar-refractivity contribution in [3.05, 3.63) is 83.4 Å². The Bertz CT molecular complexity index is 1810. The third kappa shape index (κ3) is 8.86. The van der Waals surface area contributed by atoms with E-state index >= 15 is 0 Å². The zero-order valence-electron chi connectivity index (χ0n) is 25.2. The highest BCUT2D eigenvalue weighted by molar-refractivity contribution is 5.53.